The zero-order chi connectivity index (χ0) is 20.1. The van der Waals surface area contributed by atoms with Gasteiger partial charge in [-0.15, -0.1) is 10.2 Å². The molecule has 29 heavy (non-hydrogen) atoms. The van der Waals surface area contributed by atoms with E-state index in [1.165, 1.54) is 0 Å². The Morgan fingerprint density at radius 1 is 1.17 bits per heavy atom. The molecule has 0 spiro atoms. The molecule has 0 bridgehead atoms. The maximum atomic E-state index is 13.1. The van der Waals surface area contributed by atoms with E-state index in [0.29, 0.717) is 6.42 Å². The van der Waals surface area contributed by atoms with Crippen molar-refractivity contribution in [1.29, 1.82) is 0 Å². The number of carbonyl (C=O) groups is 1. The van der Waals surface area contributed by atoms with Crippen molar-refractivity contribution in [3.8, 4) is 0 Å². The molecule has 0 aliphatic heterocycles. The number of fused-ring (bicyclic) bond motifs is 1. The van der Waals surface area contributed by atoms with E-state index in [4.69, 9.17) is 0 Å². The average Bonchev–Trinajstić information content (AvgIpc) is 3.50. The van der Waals surface area contributed by atoms with Crippen molar-refractivity contribution in [2.45, 2.75) is 24.9 Å². The van der Waals surface area contributed by atoms with E-state index in [1.807, 2.05) is 58.7 Å². The number of hydrogen-bond acceptors (Lipinski definition) is 5. The van der Waals surface area contributed by atoms with Crippen LogP contribution in [0.25, 0.3) is 5.65 Å². The van der Waals surface area contributed by atoms with E-state index in [9.17, 15) is 4.79 Å². The van der Waals surface area contributed by atoms with Crippen molar-refractivity contribution in [2.75, 3.05) is 12.0 Å². The Morgan fingerprint density at radius 2 is 2.00 bits per heavy atom. The van der Waals surface area contributed by atoms with Crippen molar-refractivity contribution >= 4 is 34.7 Å². The highest BCUT2D eigenvalue weighted by Crippen LogP contribution is 2.25. The molecule has 0 saturated heterocycles. The molecule has 2 atom stereocenters. The van der Waals surface area contributed by atoms with Crippen LogP contribution < -0.4 is 5.32 Å². The van der Waals surface area contributed by atoms with Crippen LogP contribution in [0.2, 0.25) is 0 Å². The minimum atomic E-state index is -0.180. The second-order valence-electron chi connectivity index (χ2n) is 6.80. The monoisotopic (exact) mass is 425 g/mol. The van der Waals surface area contributed by atoms with E-state index >= 15 is 0 Å². The first-order valence-corrected chi connectivity index (χ1v) is 11.8. The van der Waals surface area contributed by atoms with Crippen LogP contribution in [-0.2, 0) is 4.79 Å². The first-order chi connectivity index (χ1) is 14.3. The second kappa shape index (κ2) is 9.28. The molecule has 0 fully saturated rings. The predicted molar refractivity (Wildman–Crippen MR) is 118 cm³/mol. The molecule has 0 aromatic carbocycles. The summed E-state index contributed by atoms with van der Waals surface area (Å²) in [5, 5.41) is 16.0. The molecule has 8 heteroatoms. The van der Waals surface area contributed by atoms with Gasteiger partial charge < -0.3 is 9.88 Å². The van der Waals surface area contributed by atoms with Gasteiger partial charge in [-0.25, -0.2) is 0 Å². The van der Waals surface area contributed by atoms with Crippen LogP contribution in [0.3, 0.4) is 0 Å². The molecule has 0 unspecified atom stereocenters. The van der Waals surface area contributed by atoms with Crippen LogP contribution in [0.5, 0.6) is 0 Å². The molecule has 0 aliphatic carbocycles. The summed E-state index contributed by atoms with van der Waals surface area (Å²) in [5.41, 5.74) is 1.93. The summed E-state index contributed by atoms with van der Waals surface area (Å²) in [6.45, 7) is 0. The second-order valence-corrected chi connectivity index (χ2v) is 8.56. The van der Waals surface area contributed by atoms with E-state index in [2.05, 4.69) is 37.8 Å². The predicted octanol–water partition coefficient (Wildman–Crippen LogP) is 4.18. The minimum Gasteiger partial charge on any atom is -0.346 e. The first kappa shape index (κ1) is 19.7. The summed E-state index contributed by atoms with van der Waals surface area (Å²) in [5.74, 6) is 1.71. The lowest BCUT2D eigenvalue weighted by Crippen LogP contribution is -2.32. The van der Waals surface area contributed by atoms with Gasteiger partial charge in [0.2, 0.25) is 5.91 Å². The smallest absolute Gasteiger partial charge is 0.223 e. The van der Waals surface area contributed by atoms with Gasteiger partial charge >= 0.3 is 0 Å². The van der Waals surface area contributed by atoms with Crippen molar-refractivity contribution in [1.82, 2.24) is 24.5 Å². The van der Waals surface area contributed by atoms with Crippen molar-refractivity contribution in [3.63, 3.8) is 0 Å². The number of thiophene rings is 1. The molecular formula is C21H23N5OS2. The third-order valence-corrected chi connectivity index (χ3v) is 6.24. The summed E-state index contributed by atoms with van der Waals surface area (Å²) in [6, 6.07) is 11.7. The standard InChI is InChI=1S/C21H23N5OS2/c1-28-12-8-17(21-24-23-19-6-2-3-11-26(19)21)22-20(27)14-18(16-7-13-29-15-16)25-9-4-5-10-25/h2-7,9-11,13,15,17-18H,8,12,14H2,1H3,(H,22,27)/t17-,18-/m1/s1. The van der Waals surface area contributed by atoms with Crippen LogP contribution >= 0.6 is 23.1 Å². The van der Waals surface area contributed by atoms with Gasteiger partial charge in [-0.3, -0.25) is 9.20 Å². The van der Waals surface area contributed by atoms with Gasteiger partial charge in [-0.2, -0.15) is 23.1 Å². The third-order valence-electron chi connectivity index (χ3n) is 4.89. The highest BCUT2D eigenvalue weighted by molar-refractivity contribution is 7.98. The largest absolute Gasteiger partial charge is 0.346 e. The topological polar surface area (TPSA) is 64.2 Å². The van der Waals surface area contributed by atoms with Gasteiger partial charge in [0.15, 0.2) is 11.5 Å². The van der Waals surface area contributed by atoms with Crippen LogP contribution in [0.1, 0.15) is 36.3 Å². The number of nitrogens with zero attached hydrogens (tertiary/aromatic N) is 4. The van der Waals surface area contributed by atoms with E-state index in [-0.39, 0.29) is 18.0 Å². The Kier molecular flexibility index (Phi) is 6.31. The fourth-order valence-electron chi connectivity index (χ4n) is 3.44. The van der Waals surface area contributed by atoms with Crippen molar-refractivity contribution < 1.29 is 4.79 Å². The molecule has 150 valence electrons. The van der Waals surface area contributed by atoms with E-state index in [0.717, 1.165) is 29.2 Å². The first-order valence-electron chi connectivity index (χ1n) is 9.49. The minimum absolute atomic E-state index is 0.00804. The lowest BCUT2D eigenvalue weighted by Gasteiger charge is -2.21. The van der Waals surface area contributed by atoms with Crippen molar-refractivity contribution in [2.24, 2.45) is 0 Å². The van der Waals surface area contributed by atoms with Gasteiger partial charge in [0, 0.05) is 18.6 Å². The molecule has 0 saturated carbocycles. The number of rotatable bonds is 9. The number of amides is 1. The molecule has 4 aromatic rings. The summed E-state index contributed by atoms with van der Waals surface area (Å²) >= 11 is 3.41. The molecule has 0 radical (unpaired) electrons. The number of aromatic nitrogens is 4. The van der Waals surface area contributed by atoms with Crippen LogP contribution in [0, 0.1) is 0 Å². The Hall–Kier alpha value is -2.58. The third kappa shape index (κ3) is 4.54. The number of hydrogen-bond donors (Lipinski definition) is 1. The number of pyridine rings is 1. The zero-order valence-electron chi connectivity index (χ0n) is 16.1. The van der Waals surface area contributed by atoms with Crippen LogP contribution in [0.4, 0.5) is 0 Å². The Bertz CT molecular complexity index is 1010. The quantitative estimate of drug-likeness (QED) is 0.437. The molecule has 4 rings (SSSR count). The van der Waals surface area contributed by atoms with Gasteiger partial charge in [-0.1, -0.05) is 6.07 Å². The van der Waals surface area contributed by atoms with Crippen molar-refractivity contribution in [3.05, 3.63) is 77.1 Å². The van der Waals surface area contributed by atoms with Crippen LogP contribution in [-0.4, -0.2) is 37.1 Å². The average molecular weight is 426 g/mol. The number of thioether (sulfide) groups is 1. The van der Waals surface area contributed by atoms with Crippen LogP contribution in [0.15, 0.2) is 65.7 Å². The lowest BCUT2D eigenvalue weighted by molar-refractivity contribution is -0.122. The Labute approximate surface area is 178 Å². The van der Waals surface area contributed by atoms with Gasteiger partial charge in [0.05, 0.1) is 18.5 Å². The Morgan fingerprint density at radius 3 is 2.76 bits per heavy atom. The number of carbonyl (C=O) groups excluding carboxylic acids is 1. The maximum Gasteiger partial charge on any atom is 0.223 e. The molecule has 4 aromatic heterocycles. The van der Waals surface area contributed by atoms with Gasteiger partial charge in [0.25, 0.3) is 0 Å². The highest BCUT2D eigenvalue weighted by Gasteiger charge is 2.23. The van der Waals surface area contributed by atoms with Gasteiger partial charge in [-0.05, 0) is 65.1 Å². The highest BCUT2D eigenvalue weighted by atomic mass is 32.2. The summed E-state index contributed by atoms with van der Waals surface area (Å²) in [4.78, 5) is 13.1. The zero-order valence-corrected chi connectivity index (χ0v) is 17.8. The molecule has 0 aliphatic rings. The molecule has 1 N–H and O–H groups in total. The van der Waals surface area contributed by atoms with E-state index in [1.54, 1.807) is 23.1 Å². The fourth-order valence-corrected chi connectivity index (χ4v) is 4.62. The van der Waals surface area contributed by atoms with E-state index < -0.39 is 0 Å². The summed E-state index contributed by atoms with van der Waals surface area (Å²) in [7, 11) is 0. The lowest BCUT2D eigenvalue weighted by atomic mass is 10.1. The molecule has 6 nitrogen and oxygen atoms in total. The summed E-state index contributed by atoms with van der Waals surface area (Å²) < 4.78 is 4.04. The number of nitrogens with one attached hydrogen (secondary N) is 1. The molecular weight excluding hydrogens is 402 g/mol. The Balaban J connectivity index is 1.54. The SMILES string of the molecule is CSCC[C@@H](NC(=O)C[C@H](c1ccsc1)n1cccc1)c1nnc2ccccn12. The molecule has 4 heterocycles. The fraction of sp³-hybridized carbons (Fsp3) is 0.286. The van der Waals surface area contributed by atoms with Gasteiger partial charge in [0.1, 0.15) is 0 Å². The summed E-state index contributed by atoms with van der Waals surface area (Å²) in [6.07, 6.45) is 9.20. The molecule has 1 amide bonds. The maximum absolute atomic E-state index is 13.1. The normalized spacial score (nSPS) is 13.4.